The predicted molar refractivity (Wildman–Crippen MR) is 131 cm³/mol. The molecular weight excluding hydrogens is 478 g/mol. The van der Waals surface area contributed by atoms with E-state index in [1.54, 1.807) is 37.3 Å². The summed E-state index contributed by atoms with van der Waals surface area (Å²) >= 11 is 6.21. The zero-order chi connectivity index (χ0) is 24.9. The van der Waals surface area contributed by atoms with E-state index in [4.69, 9.17) is 16.7 Å². The lowest BCUT2D eigenvalue weighted by atomic mass is 10.1. The molecule has 8 nitrogen and oxygen atoms in total. The number of hydrazone groups is 1. The molecular formula is C24H22ClN3O5S. The summed E-state index contributed by atoms with van der Waals surface area (Å²) in [7, 11) is -4.09. The summed E-state index contributed by atoms with van der Waals surface area (Å²) in [6.07, 6.45) is 1.33. The SMILES string of the molecule is Cc1ccc(S(=O)(=O)N(CC(=O)N/N=C\c2ccc(C(=O)O)cc2)c2cccc(Cl)c2C)cc1. The molecule has 2 N–H and O–H groups in total. The Hall–Kier alpha value is -3.69. The van der Waals surface area contributed by atoms with Gasteiger partial charge in [0.15, 0.2) is 0 Å². The zero-order valence-corrected chi connectivity index (χ0v) is 20.0. The Morgan fingerprint density at radius 3 is 2.29 bits per heavy atom. The molecule has 0 aliphatic heterocycles. The van der Waals surface area contributed by atoms with Crippen LogP contribution >= 0.6 is 11.6 Å². The van der Waals surface area contributed by atoms with Crippen molar-refractivity contribution in [3.8, 4) is 0 Å². The lowest BCUT2D eigenvalue weighted by Gasteiger charge is -2.25. The van der Waals surface area contributed by atoms with Gasteiger partial charge in [-0.2, -0.15) is 5.10 Å². The summed E-state index contributed by atoms with van der Waals surface area (Å²) in [5.74, 6) is -1.73. The van der Waals surface area contributed by atoms with Gasteiger partial charge in [-0.05, 0) is 61.4 Å². The van der Waals surface area contributed by atoms with Crippen LogP contribution in [0.5, 0.6) is 0 Å². The minimum absolute atomic E-state index is 0.0345. The fourth-order valence-corrected chi connectivity index (χ4v) is 4.71. The van der Waals surface area contributed by atoms with Crippen molar-refractivity contribution in [2.45, 2.75) is 18.7 Å². The van der Waals surface area contributed by atoms with E-state index >= 15 is 0 Å². The van der Waals surface area contributed by atoms with Gasteiger partial charge in [-0.15, -0.1) is 0 Å². The third-order valence-corrected chi connectivity index (χ3v) is 7.15. The number of rotatable bonds is 8. The van der Waals surface area contributed by atoms with Gasteiger partial charge < -0.3 is 5.11 Å². The van der Waals surface area contributed by atoms with Crippen LogP contribution < -0.4 is 9.73 Å². The first-order valence-electron chi connectivity index (χ1n) is 10.1. The fourth-order valence-electron chi connectivity index (χ4n) is 3.06. The number of aromatic carboxylic acids is 1. The van der Waals surface area contributed by atoms with Gasteiger partial charge in [-0.3, -0.25) is 9.10 Å². The second-order valence-corrected chi connectivity index (χ2v) is 9.70. The zero-order valence-electron chi connectivity index (χ0n) is 18.4. The monoisotopic (exact) mass is 499 g/mol. The summed E-state index contributed by atoms with van der Waals surface area (Å²) in [5, 5.41) is 13.2. The van der Waals surface area contributed by atoms with Crippen LogP contribution in [0.1, 0.15) is 27.0 Å². The molecule has 34 heavy (non-hydrogen) atoms. The highest BCUT2D eigenvalue weighted by molar-refractivity contribution is 7.92. The number of anilines is 1. The number of hydrogen-bond acceptors (Lipinski definition) is 5. The largest absolute Gasteiger partial charge is 0.478 e. The van der Waals surface area contributed by atoms with Crippen LogP contribution in [0.25, 0.3) is 0 Å². The molecule has 0 radical (unpaired) electrons. The van der Waals surface area contributed by atoms with Crippen LogP contribution in [0.3, 0.4) is 0 Å². The average molecular weight is 500 g/mol. The van der Waals surface area contributed by atoms with Gasteiger partial charge in [-0.1, -0.05) is 47.5 Å². The molecule has 0 fully saturated rings. The number of halogens is 1. The summed E-state index contributed by atoms with van der Waals surface area (Å²) in [6, 6.07) is 17.0. The maximum absolute atomic E-state index is 13.4. The van der Waals surface area contributed by atoms with Crippen molar-refractivity contribution in [1.29, 1.82) is 0 Å². The summed E-state index contributed by atoms with van der Waals surface area (Å²) in [5.41, 5.74) is 4.67. The molecule has 0 saturated heterocycles. The van der Waals surface area contributed by atoms with Crippen molar-refractivity contribution in [1.82, 2.24) is 5.43 Å². The number of carbonyl (C=O) groups is 2. The minimum atomic E-state index is -4.09. The lowest BCUT2D eigenvalue weighted by molar-refractivity contribution is -0.119. The first-order valence-corrected chi connectivity index (χ1v) is 11.9. The predicted octanol–water partition coefficient (Wildman–Crippen LogP) is 4.00. The molecule has 3 aromatic carbocycles. The second-order valence-electron chi connectivity index (χ2n) is 7.43. The van der Waals surface area contributed by atoms with E-state index in [0.717, 1.165) is 9.87 Å². The number of sulfonamides is 1. The molecule has 1 amide bonds. The van der Waals surface area contributed by atoms with Crippen molar-refractivity contribution < 1.29 is 23.1 Å². The first kappa shape index (κ1) is 24.9. The molecule has 0 aliphatic carbocycles. The number of aryl methyl sites for hydroxylation is 1. The number of benzene rings is 3. The standard InChI is InChI=1S/C24H22ClN3O5S/c1-16-6-12-20(13-7-16)34(32,33)28(22-5-3-4-21(25)17(22)2)15-23(29)27-26-14-18-8-10-19(11-9-18)24(30)31/h3-14H,15H2,1-2H3,(H,27,29)(H,30,31)/b26-14-. The van der Waals surface area contributed by atoms with Crippen LogP contribution in [0, 0.1) is 13.8 Å². The molecule has 3 aromatic rings. The third kappa shape index (κ3) is 5.81. The Morgan fingerprint density at radius 2 is 1.68 bits per heavy atom. The Kier molecular flexibility index (Phi) is 7.70. The van der Waals surface area contributed by atoms with Gasteiger partial charge in [0.2, 0.25) is 0 Å². The molecule has 0 unspecified atom stereocenters. The maximum Gasteiger partial charge on any atom is 0.335 e. The lowest BCUT2D eigenvalue weighted by Crippen LogP contribution is -2.40. The average Bonchev–Trinajstić information content (AvgIpc) is 2.80. The van der Waals surface area contributed by atoms with E-state index in [1.165, 1.54) is 42.6 Å². The van der Waals surface area contributed by atoms with Gasteiger partial charge in [0, 0.05) is 5.02 Å². The van der Waals surface area contributed by atoms with E-state index in [1.807, 2.05) is 6.92 Å². The highest BCUT2D eigenvalue weighted by atomic mass is 35.5. The number of carboxylic acid groups (broad SMARTS) is 1. The van der Waals surface area contributed by atoms with Gasteiger partial charge >= 0.3 is 5.97 Å². The highest BCUT2D eigenvalue weighted by Gasteiger charge is 2.28. The van der Waals surface area contributed by atoms with Crippen LogP contribution in [-0.2, 0) is 14.8 Å². The van der Waals surface area contributed by atoms with E-state index in [-0.39, 0.29) is 16.1 Å². The molecule has 0 aromatic heterocycles. The molecule has 3 rings (SSSR count). The van der Waals surface area contributed by atoms with E-state index in [0.29, 0.717) is 16.1 Å². The number of carboxylic acids is 1. The molecule has 0 bridgehead atoms. The quantitative estimate of drug-likeness (QED) is 0.359. The number of carbonyl (C=O) groups excluding carboxylic acids is 1. The summed E-state index contributed by atoms with van der Waals surface area (Å²) in [6.45, 7) is 2.98. The second kappa shape index (κ2) is 10.5. The number of hydrogen-bond donors (Lipinski definition) is 2. The molecule has 0 aliphatic rings. The highest BCUT2D eigenvalue weighted by Crippen LogP contribution is 2.30. The molecule has 10 heteroatoms. The van der Waals surface area contributed by atoms with Gasteiger partial charge in [0.25, 0.3) is 15.9 Å². The molecule has 0 atom stereocenters. The molecule has 0 heterocycles. The van der Waals surface area contributed by atoms with Crippen LogP contribution in [-0.4, -0.2) is 38.2 Å². The van der Waals surface area contributed by atoms with E-state index in [9.17, 15) is 18.0 Å². The van der Waals surface area contributed by atoms with Crippen LogP contribution in [0.15, 0.2) is 76.7 Å². The summed E-state index contributed by atoms with van der Waals surface area (Å²) < 4.78 is 27.9. The smallest absolute Gasteiger partial charge is 0.335 e. The van der Waals surface area contributed by atoms with Gasteiger partial charge in [-0.25, -0.2) is 18.6 Å². The van der Waals surface area contributed by atoms with Crippen molar-refractivity contribution >= 4 is 45.4 Å². The van der Waals surface area contributed by atoms with E-state index < -0.39 is 28.4 Å². The van der Waals surface area contributed by atoms with Crippen LogP contribution in [0.2, 0.25) is 5.02 Å². The third-order valence-electron chi connectivity index (χ3n) is 4.96. The fraction of sp³-hybridized carbons (Fsp3) is 0.125. The number of amides is 1. The Bertz CT molecular complexity index is 1340. The molecule has 176 valence electrons. The normalized spacial score (nSPS) is 11.4. The Balaban J connectivity index is 1.85. The Labute approximate surface area is 202 Å². The summed E-state index contributed by atoms with van der Waals surface area (Å²) in [4.78, 5) is 23.6. The Morgan fingerprint density at radius 1 is 1.03 bits per heavy atom. The number of nitrogens with one attached hydrogen (secondary N) is 1. The topological polar surface area (TPSA) is 116 Å². The molecule has 0 spiro atoms. The minimum Gasteiger partial charge on any atom is -0.478 e. The van der Waals surface area contributed by atoms with Crippen LogP contribution in [0.4, 0.5) is 5.69 Å². The number of nitrogens with zero attached hydrogens (tertiary/aromatic N) is 2. The molecule has 0 saturated carbocycles. The van der Waals surface area contributed by atoms with Crippen molar-refractivity contribution in [3.63, 3.8) is 0 Å². The maximum atomic E-state index is 13.4. The van der Waals surface area contributed by atoms with Crippen molar-refractivity contribution in [2.24, 2.45) is 5.10 Å². The van der Waals surface area contributed by atoms with Gasteiger partial charge in [0.1, 0.15) is 6.54 Å². The van der Waals surface area contributed by atoms with Gasteiger partial charge in [0.05, 0.1) is 22.4 Å². The van der Waals surface area contributed by atoms with Crippen molar-refractivity contribution in [3.05, 3.63) is 94.0 Å². The van der Waals surface area contributed by atoms with Crippen molar-refractivity contribution in [2.75, 3.05) is 10.8 Å². The first-order chi connectivity index (χ1) is 16.1. The van der Waals surface area contributed by atoms with E-state index in [2.05, 4.69) is 10.5 Å².